The summed E-state index contributed by atoms with van der Waals surface area (Å²) in [5, 5.41) is 0. The molecule has 0 rings (SSSR count). The van der Waals surface area contributed by atoms with Gasteiger partial charge in [0.15, 0.2) is 0 Å². The number of alkyl halides is 3. The third-order valence-corrected chi connectivity index (χ3v) is 0.567. The van der Waals surface area contributed by atoms with E-state index in [0.717, 1.165) is 0 Å². The van der Waals surface area contributed by atoms with Crippen LogP contribution in [0.25, 0.3) is 0 Å². The summed E-state index contributed by atoms with van der Waals surface area (Å²) >= 11 is -3.93. The van der Waals surface area contributed by atoms with Gasteiger partial charge < -0.3 is 4.55 Å². The van der Waals surface area contributed by atoms with E-state index in [-0.39, 0.29) is 17.1 Å². The van der Waals surface area contributed by atoms with E-state index in [1.54, 1.807) is 0 Å². The molecule has 55 valence electrons. The van der Waals surface area contributed by atoms with Crippen LogP contribution in [-0.2, 0) is 28.1 Å². The summed E-state index contributed by atoms with van der Waals surface area (Å²) in [5.41, 5.74) is -5.08. The maximum atomic E-state index is 10.6. The first kappa shape index (κ1) is 11.2. The van der Waals surface area contributed by atoms with Crippen molar-refractivity contribution in [2.75, 3.05) is 0 Å². The maximum Gasteiger partial charge on any atom is 0.458 e. The quantitative estimate of drug-likeness (QED) is 0.415. The molecule has 0 bridgehead atoms. The van der Waals surface area contributed by atoms with Crippen molar-refractivity contribution in [1.29, 1.82) is 0 Å². The van der Waals surface area contributed by atoms with Crippen LogP contribution in [0.1, 0.15) is 0 Å². The first-order valence-electron chi connectivity index (χ1n) is 1.10. The zero-order valence-electron chi connectivity index (χ0n) is 3.16. The molecular weight excluding hydrogens is 197 g/mol. The van der Waals surface area contributed by atoms with Gasteiger partial charge in [0.05, 0.1) is 11.1 Å². The van der Waals surface area contributed by atoms with Gasteiger partial charge in [-0.3, -0.25) is 4.21 Å². The molecule has 0 aliphatic carbocycles. The summed E-state index contributed by atoms with van der Waals surface area (Å²) in [7, 11) is 0. The molecule has 0 aliphatic heterocycles. The van der Waals surface area contributed by atoms with Gasteiger partial charge in [0.2, 0.25) is 0 Å². The first-order chi connectivity index (χ1) is 2.94. The van der Waals surface area contributed by atoms with Gasteiger partial charge in [-0.05, 0) is 0 Å². The Morgan fingerprint density at radius 3 is 1.50 bits per heavy atom. The predicted octanol–water partition coefficient (Wildman–Crippen LogP) is 0.383. The Kier molecular flexibility index (Phi) is 4.84. The van der Waals surface area contributed by atoms with E-state index < -0.39 is 16.6 Å². The van der Waals surface area contributed by atoms with Crippen molar-refractivity contribution in [3.8, 4) is 0 Å². The normalized spacial score (nSPS) is 14.5. The Labute approximate surface area is 56.2 Å². The Bertz CT molecular complexity index is 89.8. The van der Waals surface area contributed by atoms with Crippen LogP contribution >= 0.6 is 0 Å². The van der Waals surface area contributed by atoms with Gasteiger partial charge in [0.25, 0.3) is 0 Å². The van der Waals surface area contributed by atoms with E-state index in [1.165, 1.54) is 0 Å². The van der Waals surface area contributed by atoms with E-state index in [9.17, 15) is 13.2 Å². The van der Waals surface area contributed by atoms with E-state index in [4.69, 9.17) is 8.76 Å². The molecule has 0 spiro atoms. The van der Waals surface area contributed by atoms with Crippen molar-refractivity contribution in [3.05, 3.63) is 0 Å². The summed E-state index contributed by atoms with van der Waals surface area (Å²) in [5.74, 6) is 0. The second-order valence-corrected chi connectivity index (χ2v) is 1.61. The fourth-order valence-electron chi connectivity index (χ4n) is 0. The van der Waals surface area contributed by atoms with Gasteiger partial charge in [-0.2, -0.15) is 13.2 Å². The van der Waals surface area contributed by atoms with Crippen molar-refractivity contribution >= 4 is 11.1 Å². The zero-order chi connectivity index (χ0) is 6.08. The molecule has 0 saturated carbocycles. The summed E-state index contributed by atoms with van der Waals surface area (Å²) in [6, 6.07) is 0. The van der Waals surface area contributed by atoms with Crippen LogP contribution in [0.15, 0.2) is 0 Å². The minimum Gasteiger partial charge on any atom is -0.766 e. The van der Waals surface area contributed by atoms with Crippen molar-refractivity contribution in [2.45, 2.75) is 5.51 Å². The second-order valence-electron chi connectivity index (χ2n) is 0.680. The maximum absolute atomic E-state index is 10.6. The average molecular weight is 197 g/mol. The second kappa shape index (κ2) is 3.45. The zero-order valence-corrected chi connectivity index (χ0v) is 4.92. The Balaban J connectivity index is 0. The van der Waals surface area contributed by atoms with Crippen LogP contribution in [0, 0.1) is 0 Å². The topological polar surface area (TPSA) is 40.1 Å². The summed E-state index contributed by atoms with van der Waals surface area (Å²) < 4.78 is 49.5. The fourth-order valence-corrected chi connectivity index (χ4v) is 0. The van der Waals surface area contributed by atoms with Gasteiger partial charge in [-0.25, -0.2) is 0 Å². The van der Waals surface area contributed by atoms with Crippen LogP contribution in [0.2, 0.25) is 0 Å². The van der Waals surface area contributed by atoms with E-state index in [0.29, 0.717) is 0 Å². The average Bonchev–Trinajstić information content (AvgIpc) is 1.31. The number of halogens is 3. The van der Waals surface area contributed by atoms with Gasteiger partial charge in [-0.1, -0.05) is 0 Å². The van der Waals surface area contributed by atoms with Crippen molar-refractivity contribution in [3.63, 3.8) is 0 Å². The van der Waals surface area contributed by atoms with E-state index in [1.807, 2.05) is 0 Å². The molecule has 0 fully saturated rings. The van der Waals surface area contributed by atoms with Gasteiger partial charge in [0.1, 0.15) is 0 Å². The van der Waals surface area contributed by atoms with Gasteiger partial charge >= 0.3 is 5.51 Å². The Hall–Kier alpha value is 0.419. The third-order valence-electron chi connectivity index (χ3n) is 0.189. The summed E-state index contributed by atoms with van der Waals surface area (Å²) in [6.45, 7) is 0. The summed E-state index contributed by atoms with van der Waals surface area (Å²) in [4.78, 5) is 0. The third kappa shape index (κ3) is 4.58. The predicted molar refractivity (Wildman–Crippen MR) is 15.0 cm³/mol. The molecule has 1 radical (unpaired) electrons. The summed E-state index contributed by atoms with van der Waals surface area (Å²) in [6.07, 6.45) is 0. The van der Waals surface area contributed by atoms with Crippen molar-refractivity contribution < 1.29 is 39.0 Å². The number of hydrogen-bond donors (Lipinski definition) is 0. The van der Waals surface area contributed by atoms with Crippen LogP contribution in [0.4, 0.5) is 13.2 Å². The molecule has 0 heterocycles. The van der Waals surface area contributed by atoms with E-state index >= 15 is 0 Å². The monoisotopic (exact) mass is 196 g/mol. The molecule has 0 saturated heterocycles. The SMILES string of the molecule is O=S([O-])C(F)(F)F.[Cu]. The smallest absolute Gasteiger partial charge is 0.458 e. The van der Waals surface area contributed by atoms with Crippen LogP contribution in [-0.4, -0.2) is 14.3 Å². The van der Waals surface area contributed by atoms with Crippen LogP contribution in [0.3, 0.4) is 0 Å². The molecule has 0 aliphatic rings. The molecule has 2 nitrogen and oxygen atoms in total. The van der Waals surface area contributed by atoms with E-state index in [2.05, 4.69) is 0 Å². The molecular formula is CCuF3O2S-. The molecule has 0 aromatic rings. The first-order valence-corrected chi connectivity index (χ1v) is 2.18. The van der Waals surface area contributed by atoms with Crippen LogP contribution < -0.4 is 0 Å². The molecule has 0 aromatic carbocycles. The Morgan fingerprint density at radius 1 is 1.38 bits per heavy atom. The van der Waals surface area contributed by atoms with Gasteiger partial charge in [0, 0.05) is 17.1 Å². The molecule has 0 aromatic heterocycles. The molecule has 1 atom stereocenters. The molecule has 7 heteroatoms. The van der Waals surface area contributed by atoms with Crippen molar-refractivity contribution in [2.24, 2.45) is 0 Å². The van der Waals surface area contributed by atoms with Crippen LogP contribution in [0.5, 0.6) is 0 Å². The molecule has 0 amide bonds. The minimum absolute atomic E-state index is 0. The molecule has 0 N–H and O–H groups in total. The Morgan fingerprint density at radius 2 is 1.50 bits per heavy atom. The molecule has 1 unspecified atom stereocenters. The standard InChI is InChI=1S/CHF3O2S.Cu/c2-1(3,4)7(5)6;/h(H,5,6);/p-1. The fraction of sp³-hybridized carbons (Fsp3) is 1.00. The van der Waals surface area contributed by atoms with Gasteiger partial charge in [-0.15, -0.1) is 0 Å². The number of hydrogen-bond acceptors (Lipinski definition) is 2. The molecule has 8 heavy (non-hydrogen) atoms. The minimum atomic E-state index is -5.08. The largest absolute Gasteiger partial charge is 0.766 e. The number of rotatable bonds is 0. The van der Waals surface area contributed by atoms with Crippen molar-refractivity contribution in [1.82, 2.24) is 0 Å².